The molecule has 1 saturated carbocycles. The summed E-state index contributed by atoms with van der Waals surface area (Å²) in [5.41, 5.74) is 9.46. The number of nitrogens with two attached hydrogens (primary N) is 2. The fourth-order valence-corrected chi connectivity index (χ4v) is 2.43. The molecule has 0 aromatic rings. The Bertz CT molecular complexity index is 367. The van der Waals surface area contributed by atoms with Crippen molar-refractivity contribution in [1.29, 1.82) is 0 Å². The molecule has 1 saturated heterocycles. The van der Waals surface area contributed by atoms with Crippen molar-refractivity contribution in [1.82, 2.24) is 4.90 Å². The SMILES string of the molecule is CC(CCCN1CC1)(C(=O)[O-])C(=O)[O-].NC1CCCCC1N.[Pt+2]. The van der Waals surface area contributed by atoms with Crippen molar-refractivity contribution in [3.63, 3.8) is 0 Å². The summed E-state index contributed by atoms with van der Waals surface area (Å²) in [7, 11) is 0. The van der Waals surface area contributed by atoms with Crippen molar-refractivity contribution < 1.29 is 40.9 Å². The van der Waals surface area contributed by atoms with E-state index in [2.05, 4.69) is 4.90 Å². The molecule has 0 radical (unpaired) electrons. The minimum absolute atomic E-state index is 0. The van der Waals surface area contributed by atoms with E-state index < -0.39 is 17.4 Å². The van der Waals surface area contributed by atoms with Gasteiger partial charge in [-0.3, -0.25) is 0 Å². The van der Waals surface area contributed by atoms with E-state index in [0.717, 1.165) is 39.4 Å². The maximum absolute atomic E-state index is 10.6. The average Bonchev–Trinajstić information content (AvgIpc) is 3.26. The number of carboxylic acid groups (broad SMARTS) is 2. The maximum atomic E-state index is 10.6. The summed E-state index contributed by atoms with van der Waals surface area (Å²) in [4.78, 5) is 23.3. The molecule has 0 spiro atoms. The molecule has 1 aliphatic heterocycles. The zero-order chi connectivity index (χ0) is 16.8. The molecular weight excluding hydrogens is 481 g/mol. The Morgan fingerprint density at radius 1 is 1.09 bits per heavy atom. The van der Waals surface area contributed by atoms with Gasteiger partial charge in [0, 0.05) is 30.6 Å². The molecular formula is C15H27N3O4Pt. The van der Waals surface area contributed by atoms with E-state index in [1.807, 2.05) is 0 Å². The number of nitrogens with zero attached hydrogens (tertiary/aromatic N) is 1. The first kappa shape index (κ1) is 22.5. The fourth-order valence-electron chi connectivity index (χ4n) is 2.43. The normalized spacial score (nSPS) is 24.0. The first-order valence-corrected chi connectivity index (χ1v) is 7.94. The first-order chi connectivity index (χ1) is 10.3. The Kier molecular flexibility index (Phi) is 10.2. The molecule has 0 bridgehead atoms. The van der Waals surface area contributed by atoms with Gasteiger partial charge in [0.1, 0.15) is 0 Å². The molecule has 2 unspecified atom stereocenters. The third kappa shape index (κ3) is 7.75. The minimum atomic E-state index is -1.85. The number of rotatable bonds is 6. The minimum Gasteiger partial charge on any atom is -0.549 e. The zero-order valence-electron chi connectivity index (χ0n) is 13.6. The van der Waals surface area contributed by atoms with Gasteiger partial charge >= 0.3 is 21.1 Å². The number of hydrogen-bond acceptors (Lipinski definition) is 7. The second-order valence-electron chi connectivity index (χ2n) is 6.46. The summed E-state index contributed by atoms with van der Waals surface area (Å²) in [5, 5.41) is 21.2. The van der Waals surface area contributed by atoms with Gasteiger partial charge < -0.3 is 36.2 Å². The van der Waals surface area contributed by atoms with E-state index >= 15 is 0 Å². The number of hydrogen-bond donors (Lipinski definition) is 2. The second kappa shape index (κ2) is 10.4. The summed E-state index contributed by atoms with van der Waals surface area (Å²) in [6.45, 7) is 3.93. The Balaban J connectivity index is 0.000000460. The summed E-state index contributed by atoms with van der Waals surface area (Å²) >= 11 is 0. The van der Waals surface area contributed by atoms with Crippen molar-refractivity contribution in [2.45, 2.75) is 57.5 Å². The molecule has 0 aromatic heterocycles. The third-order valence-electron chi connectivity index (χ3n) is 4.47. The predicted molar refractivity (Wildman–Crippen MR) is 78.2 cm³/mol. The quantitative estimate of drug-likeness (QED) is 0.307. The number of carbonyl (C=O) groups excluding carboxylic acids is 2. The van der Waals surface area contributed by atoms with Crippen LogP contribution in [0.25, 0.3) is 0 Å². The van der Waals surface area contributed by atoms with Crippen molar-refractivity contribution in [3.05, 3.63) is 0 Å². The van der Waals surface area contributed by atoms with Crippen LogP contribution in [0.5, 0.6) is 0 Å². The Labute approximate surface area is 152 Å². The Hall–Kier alpha value is -0.492. The monoisotopic (exact) mass is 508 g/mol. The number of carboxylic acids is 2. The van der Waals surface area contributed by atoms with Crippen molar-refractivity contribution in [2.24, 2.45) is 16.9 Å². The molecule has 136 valence electrons. The van der Waals surface area contributed by atoms with Crippen molar-refractivity contribution in [3.8, 4) is 0 Å². The van der Waals surface area contributed by atoms with Crippen LogP contribution in [-0.4, -0.2) is 48.6 Å². The standard InChI is InChI=1S/C9H15NO4.C6H14N2.Pt/c1-9(7(11)12,8(13)14)3-2-4-10-5-6-10;7-5-3-1-2-4-6(5)8;/h2-6H2,1H3,(H,11,12)(H,13,14);5-6H,1-4,7-8H2;/q;;+2/p-2. The van der Waals surface area contributed by atoms with E-state index in [0.29, 0.717) is 6.42 Å². The van der Waals surface area contributed by atoms with Crippen LogP contribution in [0.4, 0.5) is 0 Å². The van der Waals surface area contributed by atoms with E-state index in [1.54, 1.807) is 0 Å². The van der Waals surface area contributed by atoms with E-state index in [1.165, 1.54) is 12.8 Å². The van der Waals surface area contributed by atoms with Crippen LogP contribution < -0.4 is 21.7 Å². The molecule has 2 aliphatic rings. The number of carbonyl (C=O) groups is 2. The topological polar surface area (TPSA) is 135 Å². The van der Waals surface area contributed by atoms with Gasteiger partial charge in [-0.2, -0.15) is 0 Å². The fraction of sp³-hybridized carbons (Fsp3) is 0.867. The van der Waals surface area contributed by atoms with Crippen LogP contribution in [0.15, 0.2) is 0 Å². The van der Waals surface area contributed by atoms with Crippen LogP contribution in [-0.2, 0) is 30.7 Å². The molecule has 2 atom stereocenters. The summed E-state index contributed by atoms with van der Waals surface area (Å²) in [6, 6.07) is 0.562. The Morgan fingerprint density at radius 2 is 1.52 bits per heavy atom. The van der Waals surface area contributed by atoms with Crippen LogP contribution in [0.1, 0.15) is 45.4 Å². The van der Waals surface area contributed by atoms with Crippen LogP contribution >= 0.6 is 0 Å². The molecule has 1 heterocycles. The van der Waals surface area contributed by atoms with Crippen LogP contribution in [0.2, 0.25) is 0 Å². The molecule has 8 heteroatoms. The van der Waals surface area contributed by atoms with E-state index in [4.69, 9.17) is 11.5 Å². The van der Waals surface area contributed by atoms with Gasteiger partial charge in [-0.1, -0.05) is 12.8 Å². The summed E-state index contributed by atoms with van der Waals surface area (Å²) in [5.74, 6) is -3.13. The van der Waals surface area contributed by atoms with Crippen molar-refractivity contribution in [2.75, 3.05) is 19.6 Å². The largest absolute Gasteiger partial charge is 2.00 e. The maximum Gasteiger partial charge on any atom is 2.00 e. The zero-order valence-corrected chi connectivity index (χ0v) is 15.8. The molecule has 4 N–H and O–H groups in total. The van der Waals surface area contributed by atoms with Gasteiger partial charge in [-0.15, -0.1) is 0 Å². The van der Waals surface area contributed by atoms with Gasteiger partial charge in [-0.05, 0) is 39.2 Å². The number of aliphatic carboxylic acids is 2. The van der Waals surface area contributed by atoms with Gasteiger partial charge in [0.15, 0.2) is 0 Å². The van der Waals surface area contributed by atoms with E-state index in [-0.39, 0.29) is 39.6 Å². The predicted octanol–water partition coefficient (Wildman–Crippen LogP) is -2.20. The second-order valence-corrected chi connectivity index (χ2v) is 6.46. The van der Waals surface area contributed by atoms with Gasteiger partial charge in [0.2, 0.25) is 0 Å². The van der Waals surface area contributed by atoms with Crippen LogP contribution in [0.3, 0.4) is 0 Å². The van der Waals surface area contributed by atoms with Gasteiger partial charge in [0.25, 0.3) is 0 Å². The van der Waals surface area contributed by atoms with E-state index in [9.17, 15) is 19.8 Å². The molecule has 0 aromatic carbocycles. The first-order valence-electron chi connectivity index (χ1n) is 7.94. The molecule has 1 aliphatic carbocycles. The smallest absolute Gasteiger partial charge is 0.549 e. The molecule has 7 nitrogen and oxygen atoms in total. The summed E-state index contributed by atoms with van der Waals surface area (Å²) in [6.07, 6.45) is 5.40. The third-order valence-corrected chi connectivity index (χ3v) is 4.47. The van der Waals surface area contributed by atoms with Crippen molar-refractivity contribution >= 4 is 11.9 Å². The molecule has 23 heavy (non-hydrogen) atoms. The Morgan fingerprint density at radius 3 is 1.83 bits per heavy atom. The van der Waals surface area contributed by atoms with Crippen LogP contribution in [0, 0.1) is 5.41 Å². The molecule has 2 rings (SSSR count). The van der Waals surface area contributed by atoms with Gasteiger partial charge in [0.05, 0.1) is 11.9 Å². The summed E-state index contributed by atoms with van der Waals surface area (Å²) < 4.78 is 0. The van der Waals surface area contributed by atoms with Gasteiger partial charge in [-0.25, -0.2) is 0 Å². The molecule has 2 fully saturated rings. The molecule has 0 amide bonds. The average molecular weight is 508 g/mol.